The van der Waals surface area contributed by atoms with Crippen molar-refractivity contribution in [2.45, 2.75) is 12.5 Å². The van der Waals surface area contributed by atoms with E-state index in [9.17, 15) is 9.50 Å². The average molecular weight is 323 g/mol. The number of phenols is 1. The Morgan fingerprint density at radius 1 is 1.35 bits per heavy atom. The third-order valence-corrected chi connectivity index (χ3v) is 3.36. The molecule has 2 N–H and O–H groups in total. The minimum atomic E-state index is -0.559. The van der Waals surface area contributed by atoms with Crippen LogP contribution < -0.4 is 5.32 Å². The third kappa shape index (κ3) is 4.35. The summed E-state index contributed by atoms with van der Waals surface area (Å²) in [5, 5.41) is 13.2. The highest BCUT2D eigenvalue weighted by Gasteiger charge is 2.24. The Hall–Kier alpha value is -0.810. The summed E-state index contributed by atoms with van der Waals surface area (Å²) in [5.74, 6) is -0.792. The van der Waals surface area contributed by atoms with Gasteiger partial charge < -0.3 is 10.4 Å². The number of phenolic OH excluding ortho intramolecular Hbond substituents is 1. The van der Waals surface area contributed by atoms with Gasteiger partial charge in [-0.2, -0.15) is 0 Å². The van der Waals surface area contributed by atoms with Gasteiger partial charge in [-0.3, -0.25) is 4.90 Å². The number of para-hydroxylation sites is 1. The number of benzene rings is 1. The Morgan fingerprint density at radius 2 is 2.00 bits per heavy atom. The zero-order chi connectivity index (χ0) is 13.0. The van der Waals surface area contributed by atoms with Crippen molar-refractivity contribution in [3.05, 3.63) is 42.2 Å². The summed E-state index contributed by atoms with van der Waals surface area (Å²) in [6.07, 6.45) is 2.52. The zero-order valence-corrected chi connectivity index (χ0v) is 12.9. The van der Waals surface area contributed by atoms with E-state index >= 15 is 0 Å². The van der Waals surface area contributed by atoms with E-state index in [1.807, 2.05) is 6.08 Å². The predicted octanol–water partition coefficient (Wildman–Crippen LogP) is 2.90. The van der Waals surface area contributed by atoms with E-state index in [0.29, 0.717) is 12.0 Å². The van der Waals surface area contributed by atoms with Crippen molar-refractivity contribution in [3.8, 4) is 5.75 Å². The Labute approximate surface area is 131 Å². The second-order valence-corrected chi connectivity index (χ2v) is 4.50. The van der Waals surface area contributed by atoms with Gasteiger partial charge in [0.05, 0.1) is 0 Å². The summed E-state index contributed by atoms with van der Waals surface area (Å²) in [6, 6.07) is 4.71. The molecule has 1 atom stereocenters. The number of nitrogens with zero attached hydrogens (tertiary/aromatic N) is 1. The molecule has 0 spiro atoms. The topological polar surface area (TPSA) is 35.5 Å². The van der Waals surface area contributed by atoms with Gasteiger partial charge in [0, 0.05) is 37.8 Å². The molecule has 20 heavy (non-hydrogen) atoms. The molecular formula is C14H21Cl2FN2O. The summed E-state index contributed by atoms with van der Waals surface area (Å²) < 4.78 is 13.4. The van der Waals surface area contributed by atoms with Crippen LogP contribution >= 0.6 is 24.8 Å². The maximum atomic E-state index is 13.4. The van der Waals surface area contributed by atoms with Crippen molar-refractivity contribution in [1.29, 1.82) is 0 Å². The molecule has 114 valence electrons. The first kappa shape index (κ1) is 19.2. The lowest BCUT2D eigenvalue weighted by atomic mass is 10.00. The van der Waals surface area contributed by atoms with Crippen LogP contribution in [-0.2, 0) is 0 Å². The molecule has 1 saturated heterocycles. The normalized spacial score (nSPS) is 16.6. The highest BCUT2D eigenvalue weighted by molar-refractivity contribution is 5.85. The van der Waals surface area contributed by atoms with Crippen molar-refractivity contribution >= 4 is 24.8 Å². The van der Waals surface area contributed by atoms with Gasteiger partial charge in [0.2, 0.25) is 0 Å². The van der Waals surface area contributed by atoms with Gasteiger partial charge in [-0.15, -0.1) is 31.4 Å². The van der Waals surface area contributed by atoms with Crippen LogP contribution in [0.25, 0.3) is 0 Å². The summed E-state index contributed by atoms with van der Waals surface area (Å²) in [5.41, 5.74) is 0.650. The Balaban J connectivity index is 0.00000180. The van der Waals surface area contributed by atoms with Gasteiger partial charge in [0.15, 0.2) is 11.6 Å². The molecule has 0 aromatic heterocycles. The Bertz CT molecular complexity index is 426. The highest BCUT2D eigenvalue weighted by Crippen LogP contribution is 2.33. The summed E-state index contributed by atoms with van der Waals surface area (Å²) in [6.45, 7) is 7.39. The molecule has 6 heteroatoms. The van der Waals surface area contributed by atoms with Crippen LogP contribution in [0.5, 0.6) is 5.75 Å². The molecule has 1 heterocycles. The SMILES string of the molecule is C=CC[C@H](c1cccc(F)c1O)N1CCNCC1.Cl.Cl. The van der Waals surface area contributed by atoms with Gasteiger partial charge in [-0.05, 0) is 12.5 Å². The van der Waals surface area contributed by atoms with Crippen LogP contribution in [0.4, 0.5) is 4.39 Å². The van der Waals surface area contributed by atoms with E-state index in [2.05, 4.69) is 16.8 Å². The fourth-order valence-electron chi connectivity index (χ4n) is 2.43. The van der Waals surface area contributed by atoms with Crippen LogP contribution in [0.1, 0.15) is 18.0 Å². The lowest BCUT2D eigenvalue weighted by Crippen LogP contribution is -2.45. The molecule has 0 bridgehead atoms. The number of halogens is 3. The maximum Gasteiger partial charge on any atom is 0.165 e. The van der Waals surface area contributed by atoms with E-state index in [4.69, 9.17) is 0 Å². The minimum absolute atomic E-state index is 0. The third-order valence-electron chi connectivity index (χ3n) is 3.36. The molecule has 1 aliphatic heterocycles. The number of hydrogen-bond donors (Lipinski definition) is 2. The standard InChI is InChI=1S/C14H19FN2O.2ClH/c1-2-4-13(17-9-7-16-8-10-17)11-5-3-6-12(15)14(11)18;;/h2-3,5-6,13,16,18H,1,4,7-10H2;2*1H/t13-;;/m1../s1. The second kappa shape index (κ2) is 9.19. The van der Waals surface area contributed by atoms with Crippen molar-refractivity contribution in [2.24, 2.45) is 0 Å². The fourth-order valence-corrected chi connectivity index (χ4v) is 2.43. The minimum Gasteiger partial charge on any atom is -0.505 e. The first-order valence-corrected chi connectivity index (χ1v) is 6.27. The average Bonchev–Trinajstić information content (AvgIpc) is 2.41. The lowest BCUT2D eigenvalue weighted by molar-refractivity contribution is 0.171. The fraction of sp³-hybridized carbons (Fsp3) is 0.429. The number of piperazine rings is 1. The van der Waals surface area contributed by atoms with Crippen LogP contribution in [0.15, 0.2) is 30.9 Å². The molecule has 1 fully saturated rings. The highest BCUT2D eigenvalue weighted by atomic mass is 35.5. The van der Waals surface area contributed by atoms with E-state index < -0.39 is 5.82 Å². The molecule has 1 aromatic carbocycles. The first-order valence-electron chi connectivity index (χ1n) is 6.27. The molecule has 0 radical (unpaired) electrons. The van der Waals surface area contributed by atoms with E-state index in [-0.39, 0.29) is 36.6 Å². The Kier molecular flexibility index (Phi) is 8.81. The number of hydrogen-bond acceptors (Lipinski definition) is 3. The Morgan fingerprint density at radius 3 is 2.60 bits per heavy atom. The van der Waals surface area contributed by atoms with E-state index in [0.717, 1.165) is 26.2 Å². The van der Waals surface area contributed by atoms with Crippen LogP contribution in [0, 0.1) is 5.82 Å². The monoisotopic (exact) mass is 322 g/mol. The summed E-state index contributed by atoms with van der Waals surface area (Å²) in [4.78, 5) is 2.26. The molecule has 0 aliphatic carbocycles. The molecule has 3 nitrogen and oxygen atoms in total. The molecule has 0 amide bonds. The zero-order valence-electron chi connectivity index (χ0n) is 11.2. The van der Waals surface area contributed by atoms with Gasteiger partial charge in [0.25, 0.3) is 0 Å². The van der Waals surface area contributed by atoms with E-state index in [1.165, 1.54) is 6.07 Å². The molecule has 0 unspecified atom stereocenters. The van der Waals surface area contributed by atoms with Crippen molar-refractivity contribution < 1.29 is 9.50 Å². The number of nitrogens with one attached hydrogen (secondary N) is 1. The molecular weight excluding hydrogens is 302 g/mol. The smallest absolute Gasteiger partial charge is 0.165 e. The quantitative estimate of drug-likeness (QED) is 0.837. The van der Waals surface area contributed by atoms with Crippen LogP contribution in [0.3, 0.4) is 0 Å². The van der Waals surface area contributed by atoms with Gasteiger partial charge >= 0.3 is 0 Å². The second-order valence-electron chi connectivity index (χ2n) is 4.50. The van der Waals surface area contributed by atoms with Gasteiger partial charge in [-0.25, -0.2) is 4.39 Å². The molecule has 1 aliphatic rings. The van der Waals surface area contributed by atoms with Crippen molar-refractivity contribution in [1.82, 2.24) is 10.2 Å². The molecule has 0 saturated carbocycles. The molecule has 1 aromatic rings. The molecule has 2 rings (SSSR count). The number of aromatic hydroxyl groups is 1. The van der Waals surface area contributed by atoms with Gasteiger partial charge in [-0.1, -0.05) is 18.2 Å². The van der Waals surface area contributed by atoms with Crippen molar-refractivity contribution in [3.63, 3.8) is 0 Å². The van der Waals surface area contributed by atoms with Crippen LogP contribution in [-0.4, -0.2) is 36.2 Å². The first-order chi connectivity index (χ1) is 8.74. The maximum absolute atomic E-state index is 13.4. The van der Waals surface area contributed by atoms with Gasteiger partial charge in [0.1, 0.15) is 0 Å². The lowest BCUT2D eigenvalue weighted by Gasteiger charge is -2.35. The van der Waals surface area contributed by atoms with Crippen molar-refractivity contribution in [2.75, 3.05) is 26.2 Å². The largest absolute Gasteiger partial charge is 0.505 e. The summed E-state index contributed by atoms with van der Waals surface area (Å²) in [7, 11) is 0. The van der Waals surface area contributed by atoms with E-state index in [1.54, 1.807) is 12.1 Å². The predicted molar refractivity (Wildman–Crippen MR) is 84.6 cm³/mol. The number of rotatable bonds is 4. The van der Waals surface area contributed by atoms with Crippen LogP contribution in [0.2, 0.25) is 0 Å². The summed E-state index contributed by atoms with van der Waals surface area (Å²) >= 11 is 0.